The molecule has 27 heavy (non-hydrogen) atoms. The topological polar surface area (TPSA) is 65.5 Å². The highest BCUT2D eigenvalue weighted by atomic mass is 35.5. The van der Waals surface area contributed by atoms with Gasteiger partial charge in [0.05, 0.1) is 18.2 Å². The molecule has 0 aliphatic heterocycles. The maximum atomic E-state index is 12.6. The van der Waals surface area contributed by atoms with Crippen molar-refractivity contribution in [3.63, 3.8) is 0 Å². The number of hydrogen-bond donors (Lipinski definition) is 0. The van der Waals surface area contributed by atoms with Crippen molar-refractivity contribution in [2.75, 3.05) is 13.7 Å². The number of aromatic nitrogens is 1. The summed E-state index contributed by atoms with van der Waals surface area (Å²) < 4.78 is 10.3. The molecular formula is C21H18ClNO4. The highest BCUT2D eigenvalue weighted by Crippen LogP contribution is 2.27. The van der Waals surface area contributed by atoms with Gasteiger partial charge >= 0.3 is 5.97 Å². The van der Waals surface area contributed by atoms with Gasteiger partial charge in [-0.15, -0.1) is 0 Å². The molecule has 1 heterocycles. The van der Waals surface area contributed by atoms with Gasteiger partial charge < -0.3 is 9.47 Å². The van der Waals surface area contributed by atoms with Crippen molar-refractivity contribution in [3.05, 3.63) is 69.9 Å². The number of rotatable bonds is 5. The Morgan fingerprint density at radius 1 is 1.07 bits per heavy atom. The van der Waals surface area contributed by atoms with Crippen LogP contribution in [0.4, 0.5) is 0 Å². The first-order valence-electron chi connectivity index (χ1n) is 8.31. The molecule has 0 atom stereocenters. The van der Waals surface area contributed by atoms with E-state index in [0.717, 1.165) is 5.56 Å². The van der Waals surface area contributed by atoms with Gasteiger partial charge in [0.2, 0.25) is 0 Å². The molecule has 138 valence electrons. The predicted molar refractivity (Wildman–Crippen MR) is 104 cm³/mol. The molecule has 0 spiro atoms. The van der Waals surface area contributed by atoms with Crippen LogP contribution in [0.5, 0.6) is 5.75 Å². The first-order valence-corrected chi connectivity index (χ1v) is 8.69. The van der Waals surface area contributed by atoms with Crippen LogP contribution in [0, 0.1) is 13.8 Å². The molecule has 0 saturated heterocycles. The van der Waals surface area contributed by atoms with Gasteiger partial charge in [0.15, 0.2) is 12.4 Å². The van der Waals surface area contributed by atoms with Gasteiger partial charge in [-0.1, -0.05) is 17.7 Å². The maximum Gasteiger partial charge on any atom is 0.339 e. The molecule has 0 N–H and O–H groups in total. The number of ether oxygens (including phenoxy) is 2. The third-order valence-corrected chi connectivity index (χ3v) is 4.67. The molecular weight excluding hydrogens is 366 g/mol. The third kappa shape index (κ3) is 3.93. The summed E-state index contributed by atoms with van der Waals surface area (Å²) in [4.78, 5) is 29.3. The van der Waals surface area contributed by atoms with Gasteiger partial charge in [0.25, 0.3) is 0 Å². The second-order valence-corrected chi connectivity index (χ2v) is 6.51. The molecule has 2 aromatic carbocycles. The summed E-state index contributed by atoms with van der Waals surface area (Å²) in [6, 6.07) is 11.7. The lowest BCUT2D eigenvalue weighted by molar-refractivity contribution is 0.0476. The summed E-state index contributed by atoms with van der Waals surface area (Å²) in [6.45, 7) is 3.29. The lowest BCUT2D eigenvalue weighted by atomic mass is 10.0. The van der Waals surface area contributed by atoms with Crippen LogP contribution in [0.3, 0.4) is 0 Å². The minimum absolute atomic E-state index is 0.291. The van der Waals surface area contributed by atoms with Crippen LogP contribution >= 0.6 is 11.6 Å². The summed E-state index contributed by atoms with van der Waals surface area (Å²) >= 11 is 6.15. The predicted octanol–water partition coefficient (Wildman–Crippen LogP) is 4.55. The lowest BCUT2D eigenvalue weighted by Crippen LogP contribution is -2.15. The minimum atomic E-state index is -0.575. The standard InChI is InChI=1S/C21H18ClNO4/c1-12-10-17(16-8-9-18(22)13(2)20(16)23-12)21(25)27-11-19(24)14-4-6-15(26-3)7-5-14/h4-10H,11H2,1-3H3. The number of benzene rings is 2. The van der Waals surface area contributed by atoms with E-state index in [4.69, 9.17) is 21.1 Å². The molecule has 1 aromatic heterocycles. The van der Waals surface area contributed by atoms with Crippen LogP contribution in [0.15, 0.2) is 42.5 Å². The first-order chi connectivity index (χ1) is 12.9. The normalized spacial score (nSPS) is 10.7. The van der Waals surface area contributed by atoms with Crippen LogP contribution in [0.1, 0.15) is 32.0 Å². The van der Waals surface area contributed by atoms with Crippen molar-refractivity contribution in [3.8, 4) is 5.75 Å². The Balaban J connectivity index is 1.82. The molecule has 0 radical (unpaired) electrons. The molecule has 0 saturated carbocycles. The Hall–Kier alpha value is -2.92. The number of aryl methyl sites for hydroxylation is 2. The summed E-state index contributed by atoms with van der Waals surface area (Å²) in [5, 5.41) is 1.22. The van der Waals surface area contributed by atoms with Crippen molar-refractivity contribution in [2.24, 2.45) is 0 Å². The SMILES string of the molecule is COc1ccc(C(=O)COC(=O)c2cc(C)nc3c(C)c(Cl)ccc23)cc1. The Morgan fingerprint density at radius 3 is 2.44 bits per heavy atom. The first kappa shape index (κ1) is 18.9. The van der Waals surface area contributed by atoms with Crippen LogP contribution in [0.25, 0.3) is 10.9 Å². The minimum Gasteiger partial charge on any atom is -0.497 e. The largest absolute Gasteiger partial charge is 0.497 e. The number of fused-ring (bicyclic) bond motifs is 1. The number of hydrogen-bond acceptors (Lipinski definition) is 5. The number of pyridine rings is 1. The average molecular weight is 384 g/mol. The Morgan fingerprint density at radius 2 is 1.78 bits per heavy atom. The number of Topliss-reactive ketones (excluding diaryl/α,β-unsaturated/α-hetero) is 1. The number of halogens is 1. The Labute approximate surface area is 161 Å². The summed E-state index contributed by atoms with van der Waals surface area (Å²) in [7, 11) is 1.55. The van der Waals surface area contributed by atoms with Crippen molar-refractivity contribution >= 4 is 34.3 Å². The van der Waals surface area contributed by atoms with E-state index in [9.17, 15) is 9.59 Å². The third-order valence-electron chi connectivity index (χ3n) is 4.26. The number of carbonyl (C=O) groups excluding carboxylic acids is 2. The van der Waals surface area contributed by atoms with Crippen LogP contribution in [-0.2, 0) is 4.74 Å². The monoisotopic (exact) mass is 383 g/mol. The van der Waals surface area contributed by atoms with E-state index in [0.29, 0.717) is 38.5 Å². The van der Waals surface area contributed by atoms with E-state index in [2.05, 4.69) is 4.98 Å². The van der Waals surface area contributed by atoms with E-state index < -0.39 is 5.97 Å². The van der Waals surface area contributed by atoms with Gasteiger partial charge in [0, 0.05) is 21.7 Å². The number of carbonyl (C=O) groups is 2. The highest BCUT2D eigenvalue weighted by Gasteiger charge is 2.17. The van der Waals surface area contributed by atoms with Crippen molar-refractivity contribution in [2.45, 2.75) is 13.8 Å². The summed E-state index contributed by atoms with van der Waals surface area (Å²) in [5.74, 6) is -0.217. The molecule has 0 fully saturated rings. The van der Waals surface area contributed by atoms with Crippen LogP contribution in [0.2, 0.25) is 5.02 Å². The van der Waals surface area contributed by atoms with Crippen molar-refractivity contribution in [1.82, 2.24) is 4.98 Å². The molecule has 6 heteroatoms. The average Bonchev–Trinajstić information content (AvgIpc) is 2.68. The maximum absolute atomic E-state index is 12.6. The fourth-order valence-corrected chi connectivity index (χ4v) is 2.92. The van der Waals surface area contributed by atoms with Gasteiger partial charge in [-0.25, -0.2) is 4.79 Å². The quantitative estimate of drug-likeness (QED) is 0.477. The Bertz CT molecular complexity index is 1030. The fraction of sp³-hybridized carbons (Fsp3) is 0.190. The number of nitrogens with zero attached hydrogens (tertiary/aromatic N) is 1. The smallest absolute Gasteiger partial charge is 0.339 e. The van der Waals surface area contributed by atoms with Gasteiger partial charge in [0.1, 0.15) is 5.75 Å². The molecule has 0 aliphatic rings. The summed E-state index contributed by atoms with van der Waals surface area (Å²) in [5.41, 5.74) is 2.92. The molecule has 0 aliphatic carbocycles. The van der Waals surface area contributed by atoms with Gasteiger partial charge in [-0.05, 0) is 55.8 Å². The lowest BCUT2D eigenvalue weighted by Gasteiger charge is -2.10. The number of esters is 1. The van der Waals surface area contributed by atoms with Crippen molar-refractivity contribution < 1.29 is 19.1 Å². The van der Waals surface area contributed by atoms with Crippen LogP contribution < -0.4 is 4.74 Å². The number of ketones is 1. The molecule has 5 nitrogen and oxygen atoms in total. The zero-order chi connectivity index (χ0) is 19.6. The molecule has 0 amide bonds. The van der Waals surface area contributed by atoms with Crippen LogP contribution in [-0.4, -0.2) is 30.5 Å². The molecule has 0 bridgehead atoms. The van der Waals surface area contributed by atoms with E-state index in [1.165, 1.54) is 0 Å². The fourth-order valence-electron chi connectivity index (χ4n) is 2.77. The molecule has 3 aromatic rings. The second kappa shape index (κ2) is 7.76. The molecule has 3 rings (SSSR count). The summed E-state index contributed by atoms with van der Waals surface area (Å²) in [6.07, 6.45) is 0. The molecule has 0 unspecified atom stereocenters. The van der Waals surface area contributed by atoms with E-state index in [1.54, 1.807) is 56.5 Å². The van der Waals surface area contributed by atoms with E-state index in [-0.39, 0.29) is 12.4 Å². The second-order valence-electron chi connectivity index (χ2n) is 6.11. The van der Waals surface area contributed by atoms with Gasteiger partial charge in [-0.2, -0.15) is 0 Å². The van der Waals surface area contributed by atoms with Crippen molar-refractivity contribution in [1.29, 1.82) is 0 Å². The Kier molecular flexibility index (Phi) is 5.42. The number of methoxy groups -OCH3 is 1. The van der Waals surface area contributed by atoms with Gasteiger partial charge in [-0.3, -0.25) is 9.78 Å². The van der Waals surface area contributed by atoms with E-state index in [1.807, 2.05) is 6.92 Å². The zero-order valence-electron chi connectivity index (χ0n) is 15.2. The zero-order valence-corrected chi connectivity index (χ0v) is 16.0. The highest BCUT2D eigenvalue weighted by molar-refractivity contribution is 6.32. The van der Waals surface area contributed by atoms with E-state index >= 15 is 0 Å².